The second-order valence-electron chi connectivity index (χ2n) is 3.27. The first-order chi connectivity index (χ1) is 8.04. The van der Waals surface area contributed by atoms with Crippen LogP contribution in [0.25, 0.3) is 0 Å². The highest BCUT2D eigenvalue weighted by atomic mass is 16.3. The van der Waals surface area contributed by atoms with Crippen LogP contribution in [0, 0.1) is 0 Å². The Hall–Kier alpha value is -2.12. The van der Waals surface area contributed by atoms with Crippen LogP contribution in [0.4, 0.5) is 0 Å². The Bertz CT molecular complexity index is 434. The molecule has 0 aliphatic carbocycles. The van der Waals surface area contributed by atoms with E-state index in [1.807, 2.05) is 0 Å². The van der Waals surface area contributed by atoms with E-state index in [1.165, 1.54) is 18.2 Å². The summed E-state index contributed by atoms with van der Waals surface area (Å²) in [4.78, 5) is 11.1. The Kier molecular flexibility index (Phi) is 4.44. The zero-order chi connectivity index (χ0) is 12.8. The van der Waals surface area contributed by atoms with Gasteiger partial charge in [-0.25, -0.2) is 5.43 Å². The molecule has 0 aromatic heterocycles. The minimum atomic E-state index is -1.05. The van der Waals surface area contributed by atoms with E-state index < -0.39 is 18.6 Å². The highest BCUT2D eigenvalue weighted by Gasteiger charge is 2.10. The molecule has 0 spiro atoms. The number of nitrogens with two attached hydrogens (primary N) is 1. The maximum atomic E-state index is 11.1. The molecule has 1 aromatic carbocycles. The number of phenols is 2. The first-order valence-electron chi connectivity index (χ1n) is 4.76. The van der Waals surface area contributed by atoms with Gasteiger partial charge in [-0.1, -0.05) is 0 Å². The Labute approximate surface area is 97.2 Å². The van der Waals surface area contributed by atoms with Gasteiger partial charge in [0.05, 0.1) is 12.8 Å². The lowest BCUT2D eigenvalue weighted by Gasteiger charge is -2.05. The summed E-state index contributed by atoms with van der Waals surface area (Å²) in [7, 11) is 0. The van der Waals surface area contributed by atoms with Gasteiger partial charge in [-0.3, -0.25) is 4.79 Å². The SMILES string of the molecule is N[C@@H](CO)C(=O)NN=Cc1cc(O)ccc1O. The normalized spacial score (nSPS) is 12.6. The quantitative estimate of drug-likeness (QED) is 0.258. The molecule has 0 bridgehead atoms. The van der Waals surface area contributed by atoms with Crippen molar-refractivity contribution >= 4 is 12.1 Å². The number of carbonyl (C=O) groups excluding carboxylic acids is 1. The Morgan fingerprint density at radius 1 is 1.53 bits per heavy atom. The van der Waals surface area contributed by atoms with Gasteiger partial charge in [0.2, 0.25) is 0 Å². The monoisotopic (exact) mass is 239 g/mol. The number of hydrogen-bond acceptors (Lipinski definition) is 6. The fraction of sp³-hybridized carbons (Fsp3) is 0.200. The maximum absolute atomic E-state index is 11.1. The minimum Gasteiger partial charge on any atom is -0.508 e. The average molecular weight is 239 g/mol. The smallest absolute Gasteiger partial charge is 0.259 e. The molecule has 0 fully saturated rings. The third-order valence-electron chi connectivity index (χ3n) is 1.92. The van der Waals surface area contributed by atoms with E-state index in [2.05, 4.69) is 10.5 Å². The van der Waals surface area contributed by atoms with Crippen molar-refractivity contribution in [1.29, 1.82) is 0 Å². The van der Waals surface area contributed by atoms with E-state index >= 15 is 0 Å². The predicted molar refractivity (Wildman–Crippen MR) is 60.6 cm³/mol. The van der Waals surface area contributed by atoms with Gasteiger partial charge in [0, 0.05) is 5.56 Å². The molecule has 0 saturated carbocycles. The average Bonchev–Trinajstić information content (AvgIpc) is 2.32. The standard InChI is InChI=1S/C10H13N3O4/c11-8(5-14)10(17)13-12-4-6-3-7(15)1-2-9(6)16/h1-4,8,14-16H,5,11H2,(H,13,17)/t8-/m0/s1. The molecular formula is C10H13N3O4. The van der Waals surface area contributed by atoms with Crippen molar-refractivity contribution in [3.05, 3.63) is 23.8 Å². The van der Waals surface area contributed by atoms with Gasteiger partial charge in [-0.05, 0) is 18.2 Å². The van der Waals surface area contributed by atoms with E-state index in [0.717, 1.165) is 6.21 Å². The summed E-state index contributed by atoms with van der Waals surface area (Å²) >= 11 is 0. The molecule has 92 valence electrons. The van der Waals surface area contributed by atoms with Crippen molar-refractivity contribution in [1.82, 2.24) is 5.43 Å². The molecule has 17 heavy (non-hydrogen) atoms. The van der Waals surface area contributed by atoms with Crippen molar-refractivity contribution in [3.63, 3.8) is 0 Å². The van der Waals surface area contributed by atoms with Crippen LogP contribution in [-0.2, 0) is 4.79 Å². The fourth-order valence-corrected chi connectivity index (χ4v) is 0.977. The summed E-state index contributed by atoms with van der Waals surface area (Å²) in [6.07, 6.45) is 1.15. The molecule has 0 heterocycles. The summed E-state index contributed by atoms with van der Waals surface area (Å²) < 4.78 is 0. The van der Waals surface area contributed by atoms with E-state index in [9.17, 15) is 9.90 Å². The van der Waals surface area contributed by atoms with Crippen LogP contribution in [0.5, 0.6) is 11.5 Å². The third kappa shape index (κ3) is 3.74. The molecule has 7 heteroatoms. The molecule has 0 unspecified atom stereocenters. The first-order valence-corrected chi connectivity index (χ1v) is 4.76. The van der Waals surface area contributed by atoms with E-state index in [1.54, 1.807) is 0 Å². The zero-order valence-corrected chi connectivity index (χ0v) is 8.87. The molecule has 0 aliphatic rings. The van der Waals surface area contributed by atoms with Crippen molar-refractivity contribution in [2.24, 2.45) is 10.8 Å². The number of hydrazone groups is 1. The minimum absolute atomic E-state index is 0.0392. The lowest BCUT2D eigenvalue weighted by molar-refractivity contribution is -0.123. The largest absolute Gasteiger partial charge is 0.508 e. The molecule has 1 amide bonds. The van der Waals surface area contributed by atoms with Crippen LogP contribution in [-0.4, -0.2) is 40.1 Å². The van der Waals surface area contributed by atoms with E-state index in [0.29, 0.717) is 0 Å². The van der Waals surface area contributed by atoms with Gasteiger partial charge in [0.15, 0.2) is 0 Å². The van der Waals surface area contributed by atoms with Gasteiger partial charge in [0.25, 0.3) is 5.91 Å². The number of rotatable bonds is 4. The summed E-state index contributed by atoms with van der Waals surface area (Å²) in [6, 6.07) is 2.83. The predicted octanol–water partition coefficient (Wildman–Crippen LogP) is -1.13. The molecule has 1 atom stereocenters. The second kappa shape index (κ2) is 5.83. The first kappa shape index (κ1) is 12.9. The van der Waals surface area contributed by atoms with Crippen LogP contribution in [0.3, 0.4) is 0 Å². The molecule has 0 radical (unpaired) electrons. The Morgan fingerprint density at radius 3 is 2.88 bits per heavy atom. The summed E-state index contributed by atoms with van der Waals surface area (Å²) in [5.41, 5.74) is 7.54. The van der Waals surface area contributed by atoms with Crippen LogP contribution in [0.15, 0.2) is 23.3 Å². The Balaban J connectivity index is 2.65. The van der Waals surface area contributed by atoms with Crippen molar-refractivity contribution in [3.8, 4) is 11.5 Å². The molecule has 7 nitrogen and oxygen atoms in total. The van der Waals surface area contributed by atoms with Gasteiger partial charge >= 0.3 is 0 Å². The number of aromatic hydroxyl groups is 2. The number of aliphatic hydroxyl groups excluding tert-OH is 1. The number of benzene rings is 1. The van der Waals surface area contributed by atoms with Crippen LogP contribution < -0.4 is 11.2 Å². The highest BCUT2D eigenvalue weighted by molar-refractivity contribution is 5.86. The molecule has 0 aliphatic heterocycles. The van der Waals surface area contributed by atoms with E-state index in [-0.39, 0.29) is 17.1 Å². The van der Waals surface area contributed by atoms with Crippen LogP contribution in [0.1, 0.15) is 5.56 Å². The third-order valence-corrected chi connectivity index (χ3v) is 1.92. The Morgan fingerprint density at radius 2 is 2.24 bits per heavy atom. The number of phenolic OH excluding ortho intramolecular Hbond substituents is 2. The molecule has 6 N–H and O–H groups in total. The van der Waals surface area contributed by atoms with Gasteiger partial charge in [0.1, 0.15) is 17.5 Å². The topological polar surface area (TPSA) is 128 Å². The van der Waals surface area contributed by atoms with Crippen molar-refractivity contribution in [2.75, 3.05) is 6.61 Å². The molecule has 1 aromatic rings. The van der Waals surface area contributed by atoms with Crippen LogP contribution in [0.2, 0.25) is 0 Å². The van der Waals surface area contributed by atoms with Crippen molar-refractivity contribution in [2.45, 2.75) is 6.04 Å². The maximum Gasteiger partial charge on any atom is 0.259 e. The number of nitrogens with zero attached hydrogens (tertiary/aromatic N) is 1. The van der Waals surface area contributed by atoms with Crippen molar-refractivity contribution < 1.29 is 20.1 Å². The molecule has 0 saturated heterocycles. The van der Waals surface area contributed by atoms with E-state index in [4.69, 9.17) is 15.9 Å². The highest BCUT2D eigenvalue weighted by Crippen LogP contribution is 2.19. The van der Waals surface area contributed by atoms with Crippen LogP contribution >= 0.6 is 0 Å². The second-order valence-corrected chi connectivity index (χ2v) is 3.27. The number of hydrogen-bond donors (Lipinski definition) is 5. The summed E-state index contributed by atoms with van der Waals surface area (Å²) in [6.45, 7) is -0.487. The van der Waals surface area contributed by atoms with Gasteiger partial charge < -0.3 is 21.1 Å². The van der Waals surface area contributed by atoms with Gasteiger partial charge in [-0.2, -0.15) is 5.10 Å². The molecular weight excluding hydrogens is 226 g/mol. The lowest BCUT2D eigenvalue weighted by Crippen LogP contribution is -2.40. The number of carbonyl (C=O) groups is 1. The fourth-order valence-electron chi connectivity index (χ4n) is 0.977. The lowest BCUT2D eigenvalue weighted by atomic mass is 10.2. The van der Waals surface area contributed by atoms with Gasteiger partial charge in [-0.15, -0.1) is 0 Å². The summed E-state index contributed by atoms with van der Waals surface area (Å²) in [5, 5.41) is 30.7. The summed E-state index contributed by atoms with van der Waals surface area (Å²) in [5.74, 6) is -0.779. The molecule has 1 rings (SSSR count). The number of amides is 1. The number of aliphatic hydroxyl groups is 1. The zero-order valence-electron chi connectivity index (χ0n) is 8.87. The number of nitrogens with one attached hydrogen (secondary N) is 1.